The Bertz CT molecular complexity index is 1330. The summed E-state index contributed by atoms with van der Waals surface area (Å²) in [6, 6.07) is 7.35. The van der Waals surface area contributed by atoms with Crippen molar-refractivity contribution < 1.29 is 32.7 Å². The maximum absolute atomic E-state index is 14.4. The first-order chi connectivity index (χ1) is 18.1. The van der Waals surface area contributed by atoms with Crippen LogP contribution in [0.5, 0.6) is 0 Å². The highest BCUT2D eigenvalue weighted by Gasteiger charge is 2.58. The lowest BCUT2D eigenvalue weighted by molar-refractivity contribution is -0.143. The SMILES string of the molecule is CNC(=O)Nc1ccc2c(c1)CC[C@@]21OC(=O)N(CC(=O)N(Cc2cc(F)ccc2F)[C@@H](C)C2CC2)C1=O. The maximum atomic E-state index is 14.4. The number of rotatable bonds is 7. The fourth-order valence-corrected chi connectivity index (χ4v) is 5.29. The van der Waals surface area contributed by atoms with Crippen LogP contribution in [0.4, 0.5) is 24.1 Å². The van der Waals surface area contributed by atoms with Crippen LogP contribution >= 0.6 is 0 Å². The molecule has 1 saturated heterocycles. The molecule has 200 valence electrons. The summed E-state index contributed by atoms with van der Waals surface area (Å²) in [5, 5.41) is 5.13. The summed E-state index contributed by atoms with van der Waals surface area (Å²) in [4.78, 5) is 53.7. The highest BCUT2D eigenvalue weighted by molar-refractivity contribution is 6.06. The first kappa shape index (κ1) is 25.6. The van der Waals surface area contributed by atoms with Gasteiger partial charge < -0.3 is 20.3 Å². The highest BCUT2D eigenvalue weighted by atomic mass is 19.1. The number of halogens is 2. The molecule has 3 aliphatic rings. The first-order valence-electron chi connectivity index (χ1n) is 12.5. The summed E-state index contributed by atoms with van der Waals surface area (Å²) in [7, 11) is 1.49. The monoisotopic (exact) mass is 526 g/mol. The fraction of sp³-hybridized carbons (Fsp3) is 0.407. The highest BCUT2D eigenvalue weighted by Crippen LogP contribution is 2.46. The molecule has 1 saturated carbocycles. The summed E-state index contributed by atoms with van der Waals surface area (Å²) < 4.78 is 33.8. The van der Waals surface area contributed by atoms with Gasteiger partial charge in [0.1, 0.15) is 18.2 Å². The summed E-state index contributed by atoms with van der Waals surface area (Å²) in [5.41, 5.74) is 0.263. The van der Waals surface area contributed by atoms with Gasteiger partial charge in [0, 0.05) is 42.9 Å². The van der Waals surface area contributed by atoms with Crippen molar-refractivity contribution in [3.63, 3.8) is 0 Å². The third kappa shape index (κ3) is 4.57. The van der Waals surface area contributed by atoms with Gasteiger partial charge in [-0.2, -0.15) is 0 Å². The van der Waals surface area contributed by atoms with E-state index in [9.17, 15) is 28.0 Å². The standard InChI is InChI=1S/C27H28F2N4O5/c1-15(16-3-4-16)32(13-18-11-19(28)5-8-22(18)29)23(34)14-33-24(35)27(38-26(33)37)10-9-17-12-20(6-7-21(17)27)31-25(36)30-2/h5-8,11-12,15-16H,3-4,9-10,13-14H2,1-2H3,(H2,30,31,36)/t15-,27+/m0/s1. The molecule has 38 heavy (non-hydrogen) atoms. The second-order valence-corrected chi connectivity index (χ2v) is 10.00. The van der Waals surface area contributed by atoms with Gasteiger partial charge in [-0.25, -0.2) is 23.3 Å². The molecule has 5 rings (SSSR count). The molecular weight excluding hydrogens is 498 g/mol. The van der Waals surface area contributed by atoms with E-state index in [0.717, 1.165) is 41.5 Å². The van der Waals surface area contributed by atoms with Crippen LogP contribution < -0.4 is 10.6 Å². The molecule has 9 nitrogen and oxygen atoms in total. The number of ether oxygens (including phenoxy) is 1. The number of imide groups is 1. The molecule has 2 aromatic carbocycles. The second-order valence-electron chi connectivity index (χ2n) is 10.00. The van der Waals surface area contributed by atoms with Crippen LogP contribution in [0.2, 0.25) is 0 Å². The minimum Gasteiger partial charge on any atom is -0.427 e. The van der Waals surface area contributed by atoms with Gasteiger partial charge in [-0.1, -0.05) is 6.07 Å². The van der Waals surface area contributed by atoms with Crippen LogP contribution in [0.25, 0.3) is 0 Å². The van der Waals surface area contributed by atoms with Crippen molar-refractivity contribution in [1.29, 1.82) is 0 Å². The summed E-state index contributed by atoms with van der Waals surface area (Å²) in [6.45, 7) is 1.07. The van der Waals surface area contributed by atoms with E-state index in [0.29, 0.717) is 17.7 Å². The average molecular weight is 527 g/mol. The number of hydrogen-bond acceptors (Lipinski definition) is 5. The molecule has 2 aliphatic carbocycles. The van der Waals surface area contributed by atoms with Gasteiger partial charge in [0.2, 0.25) is 11.5 Å². The average Bonchev–Trinajstić information content (AvgIpc) is 3.65. The van der Waals surface area contributed by atoms with E-state index in [1.54, 1.807) is 18.2 Å². The van der Waals surface area contributed by atoms with Crippen LogP contribution in [0, 0.1) is 17.6 Å². The van der Waals surface area contributed by atoms with Crippen LogP contribution in [0.1, 0.15) is 42.9 Å². The van der Waals surface area contributed by atoms with Crippen LogP contribution in [-0.2, 0) is 32.9 Å². The molecule has 2 fully saturated rings. The number of hydrogen-bond donors (Lipinski definition) is 2. The van der Waals surface area contributed by atoms with Crippen molar-refractivity contribution in [1.82, 2.24) is 15.1 Å². The van der Waals surface area contributed by atoms with E-state index in [1.165, 1.54) is 11.9 Å². The zero-order valence-corrected chi connectivity index (χ0v) is 21.1. The summed E-state index contributed by atoms with van der Waals surface area (Å²) in [5.74, 6) is -2.25. The van der Waals surface area contributed by atoms with Gasteiger partial charge in [0.15, 0.2) is 0 Å². The number of carbonyl (C=O) groups excluding carboxylic acids is 4. The van der Waals surface area contributed by atoms with Gasteiger partial charge in [-0.05, 0) is 68.0 Å². The Balaban J connectivity index is 1.36. The van der Waals surface area contributed by atoms with Crippen molar-refractivity contribution in [3.05, 3.63) is 64.7 Å². The van der Waals surface area contributed by atoms with E-state index in [-0.39, 0.29) is 30.5 Å². The molecule has 2 N–H and O–H groups in total. The molecule has 0 radical (unpaired) electrons. The third-order valence-electron chi connectivity index (χ3n) is 7.60. The van der Waals surface area contributed by atoms with E-state index >= 15 is 0 Å². The Morgan fingerprint density at radius 3 is 2.66 bits per heavy atom. The largest absolute Gasteiger partial charge is 0.427 e. The van der Waals surface area contributed by atoms with Crippen molar-refractivity contribution in [2.24, 2.45) is 5.92 Å². The Morgan fingerprint density at radius 1 is 1.18 bits per heavy atom. The molecule has 0 bridgehead atoms. The van der Waals surface area contributed by atoms with E-state index in [1.807, 2.05) is 6.92 Å². The lowest BCUT2D eigenvalue weighted by Crippen LogP contribution is -2.47. The van der Waals surface area contributed by atoms with Crippen molar-refractivity contribution in [2.45, 2.75) is 50.8 Å². The molecular formula is C27H28F2N4O5. The Labute approximate surface area is 218 Å². The molecule has 0 aromatic heterocycles. The molecule has 1 heterocycles. The van der Waals surface area contributed by atoms with Gasteiger partial charge in [0.25, 0.3) is 5.91 Å². The van der Waals surface area contributed by atoms with Crippen LogP contribution in [0.3, 0.4) is 0 Å². The normalized spacial score (nSPS) is 20.8. The number of amides is 5. The number of benzene rings is 2. The predicted molar refractivity (Wildman–Crippen MR) is 132 cm³/mol. The number of fused-ring (bicyclic) bond motifs is 2. The first-order valence-corrected chi connectivity index (χ1v) is 12.5. The molecule has 11 heteroatoms. The lowest BCUT2D eigenvalue weighted by atomic mass is 9.94. The molecule has 2 atom stereocenters. The van der Waals surface area contributed by atoms with Crippen molar-refractivity contribution in [2.75, 3.05) is 18.9 Å². The van der Waals surface area contributed by atoms with Crippen LogP contribution in [-0.4, -0.2) is 53.4 Å². The van der Waals surface area contributed by atoms with Gasteiger partial charge >= 0.3 is 12.1 Å². The minimum atomic E-state index is -1.54. The number of aryl methyl sites for hydroxylation is 1. The minimum absolute atomic E-state index is 0.0172. The van der Waals surface area contributed by atoms with E-state index in [2.05, 4.69) is 10.6 Å². The Morgan fingerprint density at radius 2 is 1.95 bits per heavy atom. The molecule has 1 spiro atoms. The van der Waals surface area contributed by atoms with Gasteiger partial charge in [-0.15, -0.1) is 0 Å². The molecule has 0 unspecified atom stereocenters. The smallest absolute Gasteiger partial charge is 0.418 e. The maximum Gasteiger partial charge on any atom is 0.418 e. The molecule has 1 aliphatic heterocycles. The van der Waals surface area contributed by atoms with Crippen LogP contribution in [0.15, 0.2) is 36.4 Å². The lowest BCUT2D eigenvalue weighted by Gasteiger charge is -2.31. The zero-order valence-electron chi connectivity index (χ0n) is 21.1. The van der Waals surface area contributed by atoms with E-state index in [4.69, 9.17) is 4.74 Å². The summed E-state index contributed by atoms with van der Waals surface area (Å²) >= 11 is 0. The topological polar surface area (TPSA) is 108 Å². The second kappa shape index (κ2) is 9.70. The number of anilines is 1. The number of nitrogens with one attached hydrogen (secondary N) is 2. The van der Waals surface area contributed by atoms with Gasteiger partial charge in [-0.3, -0.25) is 9.59 Å². The molecule has 2 aromatic rings. The third-order valence-corrected chi connectivity index (χ3v) is 7.60. The van der Waals surface area contributed by atoms with Gasteiger partial charge in [0.05, 0.1) is 0 Å². The number of carbonyl (C=O) groups is 4. The predicted octanol–water partition coefficient (Wildman–Crippen LogP) is 3.66. The summed E-state index contributed by atoms with van der Waals surface area (Å²) in [6.07, 6.45) is 1.51. The zero-order chi connectivity index (χ0) is 27.2. The Kier molecular flexibility index (Phi) is 6.54. The Hall–Kier alpha value is -4.02. The van der Waals surface area contributed by atoms with Crippen molar-refractivity contribution in [3.8, 4) is 0 Å². The number of urea groups is 1. The quantitative estimate of drug-likeness (QED) is 0.573. The van der Waals surface area contributed by atoms with E-state index < -0.39 is 47.7 Å². The fourth-order valence-electron chi connectivity index (χ4n) is 5.29. The van der Waals surface area contributed by atoms with Crippen molar-refractivity contribution >= 4 is 29.6 Å². The molecule has 5 amide bonds. The number of nitrogens with zero attached hydrogens (tertiary/aromatic N) is 2.